The lowest BCUT2D eigenvalue weighted by atomic mass is 9.65. The molecular weight excluding hydrogens is 456 g/mol. The SMILES string of the molecule is C=C(CCC(C)(C)C)CC(Cc1ccccc1)(c1ccc(C)cc1)c1cc(C)cc(CC(C)(C)C(C)C)c1. The van der Waals surface area contributed by atoms with E-state index in [1.165, 1.54) is 39.0 Å². The molecule has 0 radical (unpaired) electrons. The maximum absolute atomic E-state index is 4.68. The second-order valence-corrected chi connectivity index (χ2v) is 14.1. The van der Waals surface area contributed by atoms with Crippen LogP contribution in [0.15, 0.2) is 84.9 Å². The molecule has 0 nitrogen and oxygen atoms in total. The zero-order valence-corrected chi connectivity index (χ0v) is 25.7. The van der Waals surface area contributed by atoms with E-state index in [4.69, 9.17) is 0 Å². The molecule has 38 heavy (non-hydrogen) atoms. The number of aryl methyl sites for hydroxylation is 2. The van der Waals surface area contributed by atoms with Crippen LogP contribution in [0.25, 0.3) is 0 Å². The second kappa shape index (κ2) is 12.1. The van der Waals surface area contributed by atoms with Gasteiger partial charge in [0.2, 0.25) is 0 Å². The van der Waals surface area contributed by atoms with Crippen LogP contribution >= 0.6 is 0 Å². The highest BCUT2D eigenvalue weighted by Crippen LogP contribution is 2.44. The van der Waals surface area contributed by atoms with Gasteiger partial charge in [0.15, 0.2) is 0 Å². The average Bonchev–Trinajstić information content (AvgIpc) is 2.82. The highest BCUT2D eigenvalue weighted by atomic mass is 14.4. The third kappa shape index (κ3) is 7.95. The first kappa shape index (κ1) is 29.9. The largest absolute Gasteiger partial charge is 0.0998 e. The summed E-state index contributed by atoms with van der Waals surface area (Å²) in [6.45, 7) is 25.7. The summed E-state index contributed by atoms with van der Waals surface area (Å²) >= 11 is 0. The lowest BCUT2D eigenvalue weighted by Gasteiger charge is -2.38. The third-order valence-electron chi connectivity index (χ3n) is 8.65. The number of hydrogen-bond acceptors (Lipinski definition) is 0. The summed E-state index contributed by atoms with van der Waals surface area (Å²) in [5.41, 5.74) is 10.0. The van der Waals surface area contributed by atoms with Crippen LogP contribution in [-0.2, 0) is 18.3 Å². The Morgan fingerprint density at radius 2 is 1.34 bits per heavy atom. The Kier molecular flexibility index (Phi) is 9.51. The summed E-state index contributed by atoms with van der Waals surface area (Å²) in [6, 6.07) is 27.7. The summed E-state index contributed by atoms with van der Waals surface area (Å²) < 4.78 is 0. The normalized spacial score (nSPS) is 13.9. The second-order valence-electron chi connectivity index (χ2n) is 14.1. The molecule has 0 fully saturated rings. The van der Waals surface area contributed by atoms with Crippen molar-refractivity contribution in [1.29, 1.82) is 0 Å². The van der Waals surface area contributed by atoms with Crippen LogP contribution in [0.3, 0.4) is 0 Å². The Morgan fingerprint density at radius 1 is 0.711 bits per heavy atom. The third-order valence-corrected chi connectivity index (χ3v) is 8.65. The Morgan fingerprint density at radius 3 is 1.92 bits per heavy atom. The zero-order valence-electron chi connectivity index (χ0n) is 25.7. The maximum Gasteiger partial charge on any atom is 0.0280 e. The molecule has 0 aromatic heterocycles. The molecule has 0 saturated carbocycles. The maximum atomic E-state index is 4.68. The van der Waals surface area contributed by atoms with Crippen LogP contribution in [0.5, 0.6) is 0 Å². The Labute approximate surface area is 234 Å². The first-order chi connectivity index (χ1) is 17.7. The fourth-order valence-corrected chi connectivity index (χ4v) is 5.49. The lowest BCUT2D eigenvalue weighted by molar-refractivity contribution is 0.248. The number of rotatable bonds is 11. The minimum atomic E-state index is -0.174. The van der Waals surface area contributed by atoms with E-state index in [2.05, 4.69) is 142 Å². The molecule has 1 atom stereocenters. The highest BCUT2D eigenvalue weighted by molar-refractivity contribution is 5.47. The first-order valence-electron chi connectivity index (χ1n) is 14.6. The van der Waals surface area contributed by atoms with Gasteiger partial charge in [-0.25, -0.2) is 0 Å². The molecule has 3 aromatic carbocycles. The van der Waals surface area contributed by atoms with Crippen molar-refractivity contribution >= 4 is 0 Å². The van der Waals surface area contributed by atoms with Crippen LogP contribution < -0.4 is 0 Å². The minimum Gasteiger partial charge on any atom is -0.0998 e. The molecule has 0 aliphatic rings. The Balaban J connectivity index is 2.21. The quantitative estimate of drug-likeness (QED) is 0.226. The van der Waals surface area contributed by atoms with Crippen LogP contribution in [0.2, 0.25) is 0 Å². The molecule has 0 aliphatic heterocycles. The van der Waals surface area contributed by atoms with Gasteiger partial charge >= 0.3 is 0 Å². The summed E-state index contributed by atoms with van der Waals surface area (Å²) in [7, 11) is 0. The summed E-state index contributed by atoms with van der Waals surface area (Å²) in [4.78, 5) is 0. The molecule has 0 saturated heterocycles. The molecule has 0 spiro atoms. The fourth-order valence-electron chi connectivity index (χ4n) is 5.49. The molecule has 1 unspecified atom stereocenters. The van der Waals surface area contributed by atoms with Crippen molar-refractivity contribution in [3.8, 4) is 0 Å². The minimum absolute atomic E-state index is 0.174. The van der Waals surface area contributed by atoms with Crippen LogP contribution in [0.4, 0.5) is 0 Å². The predicted molar refractivity (Wildman–Crippen MR) is 168 cm³/mol. The molecule has 0 heteroatoms. The van der Waals surface area contributed by atoms with Crippen molar-refractivity contribution < 1.29 is 0 Å². The summed E-state index contributed by atoms with van der Waals surface area (Å²) in [5.74, 6) is 0.620. The first-order valence-corrected chi connectivity index (χ1v) is 14.6. The number of allylic oxidation sites excluding steroid dienone is 1. The molecule has 3 aromatic rings. The molecular formula is C38H52. The van der Waals surface area contributed by atoms with E-state index in [9.17, 15) is 0 Å². The van der Waals surface area contributed by atoms with Gasteiger partial charge in [0.05, 0.1) is 0 Å². The molecule has 3 rings (SSSR count). The Bertz CT molecular complexity index is 1190. The van der Waals surface area contributed by atoms with Gasteiger partial charge in [-0.3, -0.25) is 0 Å². The summed E-state index contributed by atoms with van der Waals surface area (Å²) in [5, 5.41) is 0. The van der Waals surface area contributed by atoms with E-state index >= 15 is 0 Å². The van der Waals surface area contributed by atoms with Gasteiger partial charge in [0.25, 0.3) is 0 Å². The van der Waals surface area contributed by atoms with Crippen LogP contribution in [0, 0.1) is 30.6 Å². The van der Waals surface area contributed by atoms with Gasteiger partial charge in [-0.1, -0.05) is 145 Å². The van der Waals surface area contributed by atoms with Crippen molar-refractivity contribution in [2.75, 3.05) is 0 Å². The topological polar surface area (TPSA) is 0 Å². The average molecular weight is 509 g/mol. The van der Waals surface area contributed by atoms with Crippen molar-refractivity contribution in [1.82, 2.24) is 0 Å². The van der Waals surface area contributed by atoms with Crippen molar-refractivity contribution in [2.45, 2.75) is 99.8 Å². The monoisotopic (exact) mass is 508 g/mol. The highest BCUT2D eigenvalue weighted by Gasteiger charge is 2.36. The van der Waals surface area contributed by atoms with Crippen molar-refractivity contribution in [2.24, 2.45) is 16.7 Å². The van der Waals surface area contributed by atoms with Gasteiger partial charge in [-0.2, -0.15) is 0 Å². The van der Waals surface area contributed by atoms with Gasteiger partial charge < -0.3 is 0 Å². The van der Waals surface area contributed by atoms with Gasteiger partial charge in [-0.15, -0.1) is 0 Å². The molecule has 204 valence electrons. The van der Waals surface area contributed by atoms with E-state index in [1.807, 2.05) is 0 Å². The van der Waals surface area contributed by atoms with Gasteiger partial charge in [0.1, 0.15) is 0 Å². The van der Waals surface area contributed by atoms with E-state index in [0.29, 0.717) is 11.3 Å². The van der Waals surface area contributed by atoms with Crippen molar-refractivity contribution in [3.63, 3.8) is 0 Å². The number of benzene rings is 3. The van der Waals surface area contributed by atoms with Gasteiger partial charge in [0, 0.05) is 5.41 Å². The van der Waals surface area contributed by atoms with E-state index in [0.717, 1.165) is 32.1 Å². The Hall–Kier alpha value is -2.60. The lowest BCUT2D eigenvalue weighted by Crippen LogP contribution is -2.32. The molecule has 0 aliphatic carbocycles. The van der Waals surface area contributed by atoms with E-state index in [1.54, 1.807) is 0 Å². The molecule has 0 bridgehead atoms. The zero-order chi connectivity index (χ0) is 28.1. The van der Waals surface area contributed by atoms with Gasteiger partial charge in [-0.05, 0) is 85.0 Å². The fraction of sp³-hybridized carbons (Fsp3) is 0.474. The van der Waals surface area contributed by atoms with Crippen LogP contribution in [-0.4, -0.2) is 0 Å². The predicted octanol–water partition coefficient (Wildman–Crippen LogP) is 10.8. The molecule has 0 amide bonds. The summed E-state index contributed by atoms with van der Waals surface area (Å²) in [6.07, 6.45) is 5.22. The van der Waals surface area contributed by atoms with Crippen LogP contribution in [0.1, 0.15) is 101 Å². The van der Waals surface area contributed by atoms with E-state index in [-0.39, 0.29) is 10.8 Å². The van der Waals surface area contributed by atoms with E-state index < -0.39 is 0 Å². The standard InChI is InChI=1S/C38H52/c1-28(2)37(9,10)26-33-22-31(5)23-35(24-33)38(27-32-14-12-11-13-15-32,34-18-16-29(3)17-19-34)25-30(4)20-21-36(6,7)8/h11-19,22-24,28H,4,20-21,25-27H2,1-3,5-10H3. The van der Waals surface area contributed by atoms with Crippen molar-refractivity contribution in [3.05, 3.63) is 118 Å². The molecule has 0 heterocycles. The number of hydrogen-bond donors (Lipinski definition) is 0. The molecule has 0 N–H and O–H groups in total. The smallest absolute Gasteiger partial charge is 0.0280 e.